The number of hydrogen-bond donors (Lipinski definition) is 2. The number of carbonyl (C=O) groups excluding carboxylic acids is 1. The number of nitrogens with two attached hydrogens (primary N) is 1. The van der Waals surface area contributed by atoms with Gasteiger partial charge in [-0.2, -0.15) is 0 Å². The van der Waals surface area contributed by atoms with Crippen molar-refractivity contribution in [3.8, 4) is 0 Å². The van der Waals surface area contributed by atoms with Crippen LogP contribution < -0.4 is 11.1 Å². The van der Waals surface area contributed by atoms with Crippen molar-refractivity contribution in [2.45, 2.75) is 51.0 Å². The number of carbonyl (C=O) groups is 1. The first-order valence-electron chi connectivity index (χ1n) is 7.57. The third kappa shape index (κ3) is 3.83. The van der Waals surface area contributed by atoms with E-state index in [-0.39, 0.29) is 17.2 Å². The molecule has 1 fully saturated rings. The quantitative estimate of drug-likeness (QED) is 0.867. The summed E-state index contributed by atoms with van der Waals surface area (Å²) in [6.07, 6.45) is 4.08. The molecule has 1 aromatic carbocycles. The van der Waals surface area contributed by atoms with Crippen LogP contribution in [0, 0.1) is 5.92 Å². The highest BCUT2D eigenvalue weighted by Crippen LogP contribution is 2.26. The van der Waals surface area contributed by atoms with Crippen molar-refractivity contribution in [3.05, 3.63) is 35.9 Å². The van der Waals surface area contributed by atoms with Crippen LogP contribution >= 0.6 is 0 Å². The normalized spacial score (nSPS) is 23.5. The molecule has 110 valence electrons. The summed E-state index contributed by atoms with van der Waals surface area (Å²) in [4.78, 5) is 11.3. The highest BCUT2D eigenvalue weighted by molar-refractivity contribution is 5.76. The lowest BCUT2D eigenvalue weighted by atomic mass is 9.82. The van der Waals surface area contributed by atoms with Gasteiger partial charge in [-0.15, -0.1) is 0 Å². The summed E-state index contributed by atoms with van der Waals surface area (Å²) < 4.78 is 0. The van der Waals surface area contributed by atoms with E-state index in [1.54, 1.807) is 0 Å². The van der Waals surface area contributed by atoms with Crippen LogP contribution in [0.25, 0.3) is 0 Å². The highest BCUT2D eigenvalue weighted by Gasteiger charge is 2.27. The second-order valence-electron chi connectivity index (χ2n) is 6.59. The Morgan fingerprint density at radius 1 is 1.30 bits per heavy atom. The van der Waals surface area contributed by atoms with E-state index in [0.29, 0.717) is 6.04 Å². The van der Waals surface area contributed by atoms with Crippen molar-refractivity contribution in [2.75, 3.05) is 6.54 Å². The average molecular weight is 274 g/mol. The van der Waals surface area contributed by atoms with Crippen molar-refractivity contribution in [3.63, 3.8) is 0 Å². The fourth-order valence-electron chi connectivity index (χ4n) is 3.02. The molecular formula is C17H26N2O. The lowest BCUT2D eigenvalue weighted by Gasteiger charge is -2.32. The number of benzene rings is 1. The summed E-state index contributed by atoms with van der Waals surface area (Å²) in [5, 5.41) is 3.64. The molecule has 1 aromatic rings. The van der Waals surface area contributed by atoms with Crippen LogP contribution in [0.1, 0.15) is 45.1 Å². The molecule has 1 saturated carbocycles. The van der Waals surface area contributed by atoms with E-state index in [0.717, 1.165) is 32.2 Å². The van der Waals surface area contributed by atoms with Gasteiger partial charge in [-0.1, -0.05) is 50.6 Å². The van der Waals surface area contributed by atoms with Gasteiger partial charge in [0, 0.05) is 23.9 Å². The second-order valence-corrected chi connectivity index (χ2v) is 6.59. The molecule has 2 rings (SSSR count). The Morgan fingerprint density at radius 2 is 2.00 bits per heavy atom. The van der Waals surface area contributed by atoms with Gasteiger partial charge in [-0.3, -0.25) is 4.79 Å². The van der Waals surface area contributed by atoms with Crippen molar-refractivity contribution in [1.29, 1.82) is 0 Å². The molecule has 0 heterocycles. The van der Waals surface area contributed by atoms with E-state index < -0.39 is 0 Å². The monoisotopic (exact) mass is 274 g/mol. The minimum Gasteiger partial charge on any atom is -0.369 e. The molecule has 0 bridgehead atoms. The molecule has 2 atom stereocenters. The van der Waals surface area contributed by atoms with Gasteiger partial charge in [0.25, 0.3) is 0 Å². The summed E-state index contributed by atoms with van der Waals surface area (Å²) in [7, 11) is 0. The summed E-state index contributed by atoms with van der Waals surface area (Å²) in [6.45, 7) is 5.43. The Bertz CT molecular complexity index is 442. The van der Waals surface area contributed by atoms with Crippen LogP contribution in [0.4, 0.5) is 0 Å². The molecule has 0 aromatic heterocycles. The molecule has 20 heavy (non-hydrogen) atoms. The maximum absolute atomic E-state index is 11.3. The van der Waals surface area contributed by atoms with Gasteiger partial charge >= 0.3 is 0 Å². The predicted octanol–water partition coefficient (Wildman–Crippen LogP) is 2.60. The third-order valence-corrected chi connectivity index (χ3v) is 4.46. The maximum Gasteiger partial charge on any atom is 0.220 e. The molecule has 0 spiro atoms. The van der Waals surface area contributed by atoms with Gasteiger partial charge in [-0.25, -0.2) is 0 Å². The molecule has 0 saturated heterocycles. The van der Waals surface area contributed by atoms with Crippen LogP contribution in [-0.2, 0) is 10.2 Å². The molecule has 0 unspecified atom stereocenters. The Hall–Kier alpha value is -1.35. The highest BCUT2D eigenvalue weighted by atomic mass is 16.1. The van der Waals surface area contributed by atoms with Crippen LogP contribution in [0.15, 0.2) is 30.3 Å². The first-order chi connectivity index (χ1) is 9.49. The van der Waals surface area contributed by atoms with Gasteiger partial charge in [0.2, 0.25) is 5.91 Å². The first kappa shape index (κ1) is 15.0. The van der Waals surface area contributed by atoms with Gasteiger partial charge in [0.15, 0.2) is 0 Å². The Balaban J connectivity index is 1.90. The third-order valence-electron chi connectivity index (χ3n) is 4.46. The smallest absolute Gasteiger partial charge is 0.220 e. The van der Waals surface area contributed by atoms with E-state index >= 15 is 0 Å². The number of hydrogen-bond acceptors (Lipinski definition) is 2. The van der Waals surface area contributed by atoms with Crippen LogP contribution in [0.2, 0.25) is 0 Å². The van der Waals surface area contributed by atoms with Gasteiger partial charge < -0.3 is 11.1 Å². The fourth-order valence-corrected chi connectivity index (χ4v) is 3.02. The van der Waals surface area contributed by atoms with Crippen molar-refractivity contribution in [1.82, 2.24) is 5.32 Å². The number of amides is 1. The van der Waals surface area contributed by atoms with Gasteiger partial charge in [-0.05, 0) is 24.8 Å². The van der Waals surface area contributed by atoms with Gasteiger partial charge in [0.05, 0.1) is 0 Å². The molecule has 3 N–H and O–H groups in total. The second kappa shape index (κ2) is 6.40. The number of rotatable bonds is 5. The summed E-state index contributed by atoms with van der Waals surface area (Å²) in [5.41, 5.74) is 6.88. The first-order valence-corrected chi connectivity index (χ1v) is 7.57. The summed E-state index contributed by atoms with van der Waals surface area (Å²) in [5.74, 6) is -0.0834. The van der Waals surface area contributed by atoms with E-state index in [9.17, 15) is 4.79 Å². The predicted molar refractivity (Wildman–Crippen MR) is 82.4 cm³/mol. The summed E-state index contributed by atoms with van der Waals surface area (Å²) in [6, 6.07) is 11.0. The SMILES string of the molecule is CC(C)(CN[C@@H]1CCC[C@H](C(N)=O)C1)c1ccccc1. The lowest BCUT2D eigenvalue weighted by Crippen LogP contribution is -2.43. The molecule has 1 aliphatic rings. The Kier molecular flexibility index (Phi) is 4.81. The van der Waals surface area contributed by atoms with Gasteiger partial charge in [0.1, 0.15) is 0 Å². The van der Waals surface area contributed by atoms with Crippen molar-refractivity contribution < 1.29 is 4.79 Å². The molecule has 1 aliphatic carbocycles. The molecule has 0 radical (unpaired) electrons. The van der Waals surface area contributed by atoms with E-state index in [4.69, 9.17) is 5.73 Å². The Morgan fingerprint density at radius 3 is 2.65 bits per heavy atom. The molecule has 3 heteroatoms. The van der Waals surface area contributed by atoms with Crippen LogP contribution in [0.3, 0.4) is 0 Å². The molecular weight excluding hydrogens is 248 g/mol. The van der Waals surface area contributed by atoms with Crippen molar-refractivity contribution in [2.24, 2.45) is 11.7 Å². The standard InChI is InChI=1S/C17H26N2O/c1-17(2,14-8-4-3-5-9-14)12-19-15-10-6-7-13(11-15)16(18)20/h3-5,8-9,13,15,19H,6-7,10-12H2,1-2H3,(H2,18,20)/t13-,15+/m0/s1. The zero-order valence-corrected chi connectivity index (χ0v) is 12.6. The van der Waals surface area contributed by atoms with E-state index in [1.165, 1.54) is 5.56 Å². The minimum atomic E-state index is -0.140. The fraction of sp³-hybridized carbons (Fsp3) is 0.588. The van der Waals surface area contributed by atoms with Crippen molar-refractivity contribution >= 4 is 5.91 Å². The topological polar surface area (TPSA) is 55.1 Å². The number of nitrogens with one attached hydrogen (secondary N) is 1. The number of primary amides is 1. The van der Waals surface area contributed by atoms with Crippen LogP contribution in [-0.4, -0.2) is 18.5 Å². The average Bonchev–Trinajstić information content (AvgIpc) is 2.46. The zero-order valence-electron chi connectivity index (χ0n) is 12.6. The molecule has 1 amide bonds. The van der Waals surface area contributed by atoms with Crippen LogP contribution in [0.5, 0.6) is 0 Å². The Labute approximate surface area is 121 Å². The maximum atomic E-state index is 11.3. The van der Waals surface area contributed by atoms with E-state index in [2.05, 4.69) is 43.4 Å². The minimum absolute atomic E-state index is 0.0566. The lowest BCUT2D eigenvalue weighted by molar-refractivity contribution is -0.122. The zero-order chi connectivity index (χ0) is 14.6. The largest absolute Gasteiger partial charge is 0.369 e. The molecule has 3 nitrogen and oxygen atoms in total. The van der Waals surface area contributed by atoms with E-state index in [1.807, 2.05) is 6.07 Å². The summed E-state index contributed by atoms with van der Waals surface area (Å²) >= 11 is 0. The molecule has 0 aliphatic heterocycles.